The van der Waals surface area contributed by atoms with Crippen LogP contribution in [0.15, 0.2) is 48.5 Å². The average Bonchev–Trinajstić information content (AvgIpc) is 2.85. The lowest BCUT2D eigenvalue weighted by Gasteiger charge is -2.43. The largest absolute Gasteiger partial charge is 0.493 e. The SMILES string of the molecule is O=C(C[C@]1(COc2ccccc2)CCCN(C(=O)c2ccc(Cl)c(Cl)c2)C1)N1CCOCC1. The molecule has 2 heterocycles. The van der Waals surface area contributed by atoms with Crippen molar-refractivity contribution in [3.8, 4) is 5.75 Å². The predicted octanol–water partition coefficient (Wildman–Crippen LogP) is 4.54. The Morgan fingerprint density at radius 1 is 0.970 bits per heavy atom. The maximum Gasteiger partial charge on any atom is 0.253 e. The van der Waals surface area contributed by atoms with Gasteiger partial charge in [-0.1, -0.05) is 41.4 Å². The van der Waals surface area contributed by atoms with Gasteiger partial charge in [0.2, 0.25) is 5.91 Å². The molecule has 0 spiro atoms. The smallest absolute Gasteiger partial charge is 0.253 e. The fourth-order valence-electron chi connectivity index (χ4n) is 4.50. The van der Waals surface area contributed by atoms with E-state index in [-0.39, 0.29) is 11.8 Å². The van der Waals surface area contributed by atoms with E-state index in [0.29, 0.717) is 68.0 Å². The van der Waals surface area contributed by atoms with Crippen molar-refractivity contribution in [2.24, 2.45) is 5.41 Å². The first-order valence-corrected chi connectivity index (χ1v) is 12.0. The first-order chi connectivity index (χ1) is 16.0. The Balaban J connectivity index is 1.53. The summed E-state index contributed by atoms with van der Waals surface area (Å²) in [6.45, 7) is 3.73. The van der Waals surface area contributed by atoms with Gasteiger partial charge < -0.3 is 19.3 Å². The van der Waals surface area contributed by atoms with Gasteiger partial charge in [0.05, 0.1) is 29.9 Å². The number of ether oxygens (including phenoxy) is 2. The maximum absolute atomic E-state index is 13.3. The van der Waals surface area contributed by atoms with Gasteiger partial charge >= 0.3 is 0 Å². The summed E-state index contributed by atoms with van der Waals surface area (Å²) in [6.07, 6.45) is 1.92. The van der Waals surface area contributed by atoms with E-state index in [1.54, 1.807) is 18.2 Å². The quantitative estimate of drug-likeness (QED) is 0.596. The first kappa shape index (κ1) is 23.9. The van der Waals surface area contributed by atoms with Crippen LogP contribution in [0.25, 0.3) is 0 Å². The lowest BCUT2D eigenvalue weighted by molar-refractivity contribution is -0.139. The number of para-hydroxylation sites is 1. The van der Waals surface area contributed by atoms with Gasteiger partial charge in [0.1, 0.15) is 5.75 Å². The molecule has 0 radical (unpaired) electrons. The molecule has 33 heavy (non-hydrogen) atoms. The molecule has 2 fully saturated rings. The molecule has 2 aliphatic rings. The Morgan fingerprint density at radius 3 is 2.45 bits per heavy atom. The van der Waals surface area contributed by atoms with Gasteiger partial charge in [0.15, 0.2) is 0 Å². The average molecular weight is 491 g/mol. The van der Waals surface area contributed by atoms with Gasteiger partial charge in [0.25, 0.3) is 5.91 Å². The number of piperidine rings is 1. The normalized spacial score (nSPS) is 21.0. The monoisotopic (exact) mass is 490 g/mol. The van der Waals surface area contributed by atoms with E-state index in [1.165, 1.54) is 0 Å². The fraction of sp³-hybridized carbons (Fsp3) is 0.440. The van der Waals surface area contributed by atoms with Crippen LogP contribution in [0.1, 0.15) is 29.6 Å². The lowest BCUT2D eigenvalue weighted by Crippen LogP contribution is -2.52. The van der Waals surface area contributed by atoms with Gasteiger partial charge in [-0.15, -0.1) is 0 Å². The number of rotatable bonds is 6. The second-order valence-electron chi connectivity index (χ2n) is 8.73. The summed E-state index contributed by atoms with van der Waals surface area (Å²) in [5.41, 5.74) is 0.0127. The van der Waals surface area contributed by atoms with E-state index in [1.807, 2.05) is 40.1 Å². The minimum Gasteiger partial charge on any atom is -0.493 e. The summed E-state index contributed by atoms with van der Waals surface area (Å²) in [5.74, 6) is 0.721. The number of hydrogen-bond acceptors (Lipinski definition) is 4. The molecular weight excluding hydrogens is 463 g/mol. The molecule has 176 valence electrons. The molecule has 2 aromatic rings. The van der Waals surface area contributed by atoms with Crippen LogP contribution >= 0.6 is 23.2 Å². The summed E-state index contributed by atoms with van der Waals surface area (Å²) >= 11 is 12.2. The molecule has 2 amide bonds. The Hall–Kier alpha value is -2.28. The van der Waals surface area contributed by atoms with Gasteiger partial charge in [0, 0.05) is 43.6 Å². The van der Waals surface area contributed by atoms with E-state index < -0.39 is 5.41 Å². The van der Waals surface area contributed by atoms with E-state index in [9.17, 15) is 9.59 Å². The zero-order valence-corrected chi connectivity index (χ0v) is 20.0. The molecular formula is C25H28Cl2N2O4. The molecule has 0 N–H and O–H groups in total. The number of likely N-dealkylation sites (tertiary alicyclic amines) is 1. The number of morpholine rings is 1. The Kier molecular flexibility index (Phi) is 7.78. The summed E-state index contributed by atoms with van der Waals surface area (Å²) in [7, 11) is 0. The summed E-state index contributed by atoms with van der Waals surface area (Å²) in [6, 6.07) is 14.5. The minimum absolute atomic E-state index is 0.0822. The number of carbonyl (C=O) groups is 2. The highest BCUT2D eigenvalue weighted by atomic mass is 35.5. The van der Waals surface area contributed by atoms with Crippen LogP contribution in [0, 0.1) is 5.41 Å². The van der Waals surface area contributed by atoms with Crippen molar-refractivity contribution in [3.63, 3.8) is 0 Å². The molecule has 2 aliphatic heterocycles. The molecule has 1 atom stereocenters. The van der Waals surface area contributed by atoms with Gasteiger partial charge in [-0.2, -0.15) is 0 Å². The fourth-order valence-corrected chi connectivity index (χ4v) is 4.80. The minimum atomic E-state index is -0.477. The third kappa shape index (κ3) is 5.99. The third-order valence-electron chi connectivity index (χ3n) is 6.29. The summed E-state index contributed by atoms with van der Waals surface area (Å²) < 4.78 is 11.5. The second kappa shape index (κ2) is 10.8. The highest BCUT2D eigenvalue weighted by Crippen LogP contribution is 2.36. The summed E-state index contributed by atoms with van der Waals surface area (Å²) in [4.78, 5) is 30.1. The van der Waals surface area contributed by atoms with Crippen molar-refractivity contribution in [1.29, 1.82) is 0 Å². The molecule has 4 rings (SSSR count). The third-order valence-corrected chi connectivity index (χ3v) is 7.03. The number of nitrogens with zero attached hydrogens (tertiary/aromatic N) is 2. The molecule has 0 saturated carbocycles. The van der Waals surface area contributed by atoms with Gasteiger partial charge in [-0.25, -0.2) is 0 Å². The molecule has 0 aliphatic carbocycles. The molecule has 2 saturated heterocycles. The standard InChI is InChI=1S/C25H28Cl2N2O4/c26-21-8-7-19(15-22(21)27)24(31)29-10-4-9-25(17-29,18-33-20-5-2-1-3-6-20)16-23(30)28-11-13-32-14-12-28/h1-3,5-8,15H,4,9-14,16-18H2/t25-/m1/s1. The van der Waals surface area contributed by atoms with Crippen molar-refractivity contribution in [3.05, 3.63) is 64.1 Å². The molecule has 0 unspecified atom stereocenters. The van der Waals surface area contributed by atoms with Crippen LogP contribution in [0.3, 0.4) is 0 Å². The summed E-state index contributed by atoms with van der Waals surface area (Å²) in [5, 5.41) is 0.759. The van der Waals surface area contributed by atoms with E-state index in [0.717, 1.165) is 18.6 Å². The highest BCUT2D eigenvalue weighted by molar-refractivity contribution is 6.42. The van der Waals surface area contributed by atoms with Crippen LogP contribution in [-0.4, -0.2) is 67.6 Å². The first-order valence-electron chi connectivity index (χ1n) is 11.2. The van der Waals surface area contributed by atoms with Crippen molar-refractivity contribution in [1.82, 2.24) is 9.80 Å². The number of amides is 2. The Morgan fingerprint density at radius 2 is 1.73 bits per heavy atom. The van der Waals surface area contributed by atoms with Crippen molar-refractivity contribution < 1.29 is 19.1 Å². The van der Waals surface area contributed by atoms with E-state index in [2.05, 4.69) is 0 Å². The number of carbonyl (C=O) groups excluding carboxylic acids is 2. The zero-order chi connectivity index (χ0) is 23.3. The second-order valence-corrected chi connectivity index (χ2v) is 9.55. The van der Waals surface area contributed by atoms with E-state index in [4.69, 9.17) is 32.7 Å². The lowest BCUT2D eigenvalue weighted by atomic mass is 9.77. The topological polar surface area (TPSA) is 59.1 Å². The van der Waals surface area contributed by atoms with Crippen LogP contribution in [-0.2, 0) is 9.53 Å². The number of halogens is 2. The molecule has 0 bridgehead atoms. The van der Waals surface area contributed by atoms with E-state index >= 15 is 0 Å². The van der Waals surface area contributed by atoms with Gasteiger partial charge in [-0.05, 0) is 43.2 Å². The molecule has 6 nitrogen and oxygen atoms in total. The molecule has 8 heteroatoms. The number of hydrogen-bond donors (Lipinski definition) is 0. The van der Waals surface area contributed by atoms with Crippen molar-refractivity contribution in [2.45, 2.75) is 19.3 Å². The van der Waals surface area contributed by atoms with Gasteiger partial charge in [-0.3, -0.25) is 9.59 Å². The van der Waals surface area contributed by atoms with Crippen LogP contribution < -0.4 is 4.74 Å². The van der Waals surface area contributed by atoms with Crippen molar-refractivity contribution >= 4 is 35.0 Å². The molecule has 2 aromatic carbocycles. The van der Waals surface area contributed by atoms with Crippen LogP contribution in [0.4, 0.5) is 0 Å². The van der Waals surface area contributed by atoms with Crippen LogP contribution in [0.5, 0.6) is 5.75 Å². The van der Waals surface area contributed by atoms with Crippen LogP contribution in [0.2, 0.25) is 10.0 Å². The zero-order valence-electron chi connectivity index (χ0n) is 18.5. The van der Waals surface area contributed by atoms with Crippen molar-refractivity contribution in [2.75, 3.05) is 46.0 Å². The maximum atomic E-state index is 13.3. The number of benzene rings is 2. The Labute approximate surface area is 204 Å². The highest BCUT2D eigenvalue weighted by Gasteiger charge is 2.41. The molecule has 0 aromatic heterocycles. The predicted molar refractivity (Wildman–Crippen MR) is 128 cm³/mol. The Bertz CT molecular complexity index is 982.